The van der Waals surface area contributed by atoms with Gasteiger partial charge in [0, 0.05) is 17.7 Å². The molecule has 0 aliphatic rings. The van der Waals surface area contributed by atoms with E-state index >= 15 is 0 Å². The fourth-order valence-corrected chi connectivity index (χ4v) is 2.47. The minimum Gasteiger partial charge on any atom is -0.370 e. The van der Waals surface area contributed by atoms with Gasteiger partial charge >= 0.3 is 0 Å². The van der Waals surface area contributed by atoms with Gasteiger partial charge in [0.25, 0.3) is 0 Å². The van der Waals surface area contributed by atoms with Crippen molar-refractivity contribution in [1.29, 1.82) is 0 Å². The number of hydrogen-bond donors (Lipinski definition) is 1. The normalized spacial score (nSPS) is 10.7. The molecule has 5 heteroatoms. The Hall–Kier alpha value is -1.68. The molecule has 0 aliphatic heterocycles. The second kappa shape index (κ2) is 7.36. The molecule has 0 atom stereocenters. The summed E-state index contributed by atoms with van der Waals surface area (Å²) in [6.45, 7) is 5.06. The molecule has 3 nitrogen and oxygen atoms in total. The maximum Gasteiger partial charge on any atom is 0.133 e. The van der Waals surface area contributed by atoms with Crippen LogP contribution >= 0.6 is 11.6 Å². The van der Waals surface area contributed by atoms with Crippen LogP contribution in [0.2, 0.25) is 5.02 Å². The van der Waals surface area contributed by atoms with E-state index in [1.807, 2.05) is 0 Å². The van der Waals surface area contributed by atoms with E-state index in [1.54, 1.807) is 6.07 Å². The first-order chi connectivity index (χ1) is 10.2. The van der Waals surface area contributed by atoms with Crippen molar-refractivity contribution in [3.63, 3.8) is 0 Å². The fourth-order valence-electron chi connectivity index (χ4n) is 2.21. The Kier molecular flexibility index (Phi) is 5.51. The standard InChI is InChI=1S/C16H19ClFN3/c1-3-5-13-15(12-7-6-11(18)9-14(12)17)20-10-21-16(13)19-8-4-2/h6-7,9-10H,3-5,8H2,1-2H3,(H,19,20,21). The molecule has 21 heavy (non-hydrogen) atoms. The number of aromatic nitrogens is 2. The molecule has 2 aromatic rings. The zero-order valence-corrected chi connectivity index (χ0v) is 13.0. The van der Waals surface area contributed by atoms with E-state index in [2.05, 4.69) is 29.1 Å². The Morgan fingerprint density at radius 2 is 2.00 bits per heavy atom. The summed E-state index contributed by atoms with van der Waals surface area (Å²) in [5, 5.41) is 3.69. The van der Waals surface area contributed by atoms with E-state index in [-0.39, 0.29) is 5.82 Å². The van der Waals surface area contributed by atoms with Crippen LogP contribution in [0.3, 0.4) is 0 Å². The van der Waals surface area contributed by atoms with Gasteiger partial charge in [-0.25, -0.2) is 14.4 Å². The van der Waals surface area contributed by atoms with Gasteiger partial charge in [-0.1, -0.05) is 31.9 Å². The van der Waals surface area contributed by atoms with E-state index in [1.165, 1.54) is 18.5 Å². The Morgan fingerprint density at radius 1 is 1.19 bits per heavy atom. The lowest BCUT2D eigenvalue weighted by molar-refractivity contribution is 0.628. The van der Waals surface area contributed by atoms with Crippen molar-refractivity contribution >= 4 is 17.4 Å². The molecule has 0 radical (unpaired) electrons. The topological polar surface area (TPSA) is 37.8 Å². The van der Waals surface area contributed by atoms with Gasteiger partial charge in [-0.05, 0) is 31.0 Å². The zero-order chi connectivity index (χ0) is 15.2. The molecule has 1 N–H and O–H groups in total. The second-order valence-electron chi connectivity index (χ2n) is 4.85. The molecule has 1 heterocycles. The van der Waals surface area contributed by atoms with Crippen molar-refractivity contribution in [2.24, 2.45) is 0 Å². The first-order valence-corrected chi connectivity index (χ1v) is 7.58. The summed E-state index contributed by atoms with van der Waals surface area (Å²) in [5.74, 6) is 0.489. The minimum atomic E-state index is -0.348. The average molecular weight is 308 g/mol. The number of benzene rings is 1. The molecular weight excluding hydrogens is 289 g/mol. The van der Waals surface area contributed by atoms with Crippen LogP contribution in [0.1, 0.15) is 32.3 Å². The second-order valence-corrected chi connectivity index (χ2v) is 5.26. The van der Waals surface area contributed by atoms with Crippen molar-refractivity contribution in [3.8, 4) is 11.3 Å². The van der Waals surface area contributed by atoms with E-state index in [4.69, 9.17) is 11.6 Å². The highest BCUT2D eigenvalue weighted by atomic mass is 35.5. The van der Waals surface area contributed by atoms with Crippen molar-refractivity contribution in [2.75, 3.05) is 11.9 Å². The van der Waals surface area contributed by atoms with Gasteiger partial charge in [0.15, 0.2) is 0 Å². The number of anilines is 1. The largest absolute Gasteiger partial charge is 0.370 e. The van der Waals surface area contributed by atoms with Crippen LogP contribution in [-0.2, 0) is 6.42 Å². The number of halogens is 2. The highest BCUT2D eigenvalue weighted by Crippen LogP contribution is 2.32. The zero-order valence-electron chi connectivity index (χ0n) is 12.3. The summed E-state index contributed by atoms with van der Waals surface area (Å²) in [7, 11) is 0. The molecule has 0 saturated carbocycles. The Labute approximate surface area is 129 Å². The maximum atomic E-state index is 13.2. The van der Waals surface area contributed by atoms with Crippen LogP contribution in [0.4, 0.5) is 10.2 Å². The summed E-state index contributed by atoms with van der Waals surface area (Å²) < 4.78 is 13.2. The minimum absolute atomic E-state index is 0.348. The monoisotopic (exact) mass is 307 g/mol. The fraction of sp³-hybridized carbons (Fsp3) is 0.375. The summed E-state index contributed by atoms with van der Waals surface area (Å²) in [6, 6.07) is 4.38. The van der Waals surface area contributed by atoms with E-state index in [9.17, 15) is 4.39 Å². The molecule has 0 saturated heterocycles. The lowest BCUT2D eigenvalue weighted by Crippen LogP contribution is -2.08. The van der Waals surface area contributed by atoms with E-state index in [0.717, 1.165) is 48.4 Å². The third-order valence-electron chi connectivity index (χ3n) is 3.17. The first kappa shape index (κ1) is 15.7. The number of rotatable bonds is 6. The van der Waals surface area contributed by atoms with E-state index in [0.29, 0.717) is 5.02 Å². The van der Waals surface area contributed by atoms with Crippen LogP contribution < -0.4 is 5.32 Å². The molecule has 0 unspecified atom stereocenters. The molecule has 1 aromatic carbocycles. The summed E-state index contributed by atoms with van der Waals surface area (Å²) in [4.78, 5) is 8.70. The predicted molar refractivity (Wildman–Crippen MR) is 85.2 cm³/mol. The van der Waals surface area contributed by atoms with Gasteiger partial charge < -0.3 is 5.32 Å². The number of nitrogens with zero attached hydrogens (tertiary/aromatic N) is 2. The van der Waals surface area contributed by atoms with Gasteiger partial charge in [0.1, 0.15) is 18.0 Å². The smallest absolute Gasteiger partial charge is 0.133 e. The Balaban J connectivity index is 2.51. The molecule has 1 aromatic heterocycles. The van der Waals surface area contributed by atoms with E-state index < -0.39 is 0 Å². The summed E-state index contributed by atoms with van der Waals surface area (Å²) >= 11 is 6.17. The van der Waals surface area contributed by atoms with Crippen molar-refractivity contribution in [3.05, 3.63) is 40.9 Å². The lowest BCUT2D eigenvalue weighted by Gasteiger charge is -2.14. The molecule has 0 aliphatic carbocycles. The Morgan fingerprint density at radius 3 is 2.67 bits per heavy atom. The SMILES string of the molecule is CCCNc1ncnc(-c2ccc(F)cc2Cl)c1CCC. The van der Waals surface area contributed by atoms with Gasteiger partial charge in [0.2, 0.25) is 0 Å². The maximum absolute atomic E-state index is 13.2. The first-order valence-electron chi connectivity index (χ1n) is 7.20. The highest BCUT2D eigenvalue weighted by molar-refractivity contribution is 6.33. The van der Waals surface area contributed by atoms with Crippen molar-refractivity contribution in [1.82, 2.24) is 9.97 Å². The number of nitrogens with one attached hydrogen (secondary N) is 1. The van der Waals surface area contributed by atoms with Gasteiger partial charge in [-0.3, -0.25) is 0 Å². The molecule has 2 rings (SSSR count). The van der Waals surface area contributed by atoms with Gasteiger partial charge in [-0.15, -0.1) is 0 Å². The average Bonchev–Trinajstić information content (AvgIpc) is 2.47. The van der Waals surface area contributed by atoms with Crippen molar-refractivity contribution < 1.29 is 4.39 Å². The predicted octanol–water partition coefficient (Wildman–Crippen LogP) is 4.71. The lowest BCUT2D eigenvalue weighted by atomic mass is 10.0. The molecule has 112 valence electrons. The molecule has 0 fully saturated rings. The quantitative estimate of drug-likeness (QED) is 0.839. The summed E-state index contributed by atoms with van der Waals surface area (Å²) in [6.07, 6.45) is 4.35. The van der Waals surface area contributed by atoms with Crippen molar-refractivity contribution in [2.45, 2.75) is 33.1 Å². The summed E-state index contributed by atoms with van der Waals surface area (Å²) in [5.41, 5.74) is 2.54. The van der Waals surface area contributed by atoms with Crippen LogP contribution in [0.25, 0.3) is 11.3 Å². The molecule has 0 bridgehead atoms. The Bertz CT molecular complexity index is 616. The molecule has 0 spiro atoms. The van der Waals surface area contributed by atoms with Gasteiger partial charge in [-0.2, -0.15) is 0 Å². The van der Waals surface area contributed by atoms with Gasteiger partial charge in [0.05, 0.1) is 10.7 Å². The van der Waals surface area contributed by atoms with Crippen LogP contribution in [0.5, 0.6) is 0 Å². The highest BCUT2D eigenvalue weighted by Gasteiger charge is 2.15. The van der Waals surface area contributed by atoms with Crippen LogP contribution in [-0.4, -0.2) is 16.5 Å². The number of hydrogen-bond acceptors (Lipinski definition) is 3. The van der Waals surface area contributed by atoms with Crippen LogP contribution in [0, 0.1) is 5.82 Å². The third kappa shape index (κ3) is 3.70. The molecule has 0 amide bonds. The molecular formula is C16H19ClFN3. The third-order valence-corrected chi connectivity index (χ3v) is 3.49. The van der Waals surface area contributed by atoms with Crippen LogP contribution in [0.15, 0.2) is 24.5 Å².